The van der Waals surface area contributed by atoms with Gasteiger partial charge in [-0.15, -0.1) is 10.2 Å². The van der Waals surface area contributed by atoms with Crippen LogP contribution in [-0.2, 0) is 25.0 Å². The van der Waals surface area contributed by atoms with Gasteiger partial charge in [0.2, 0.25) is 5.91 Å². The number of phenols is 1. The second-order valence-electron chi connectivity index (χ2n) is 7.09. The number of aromatic hydroxyl groups is 1. The second kappa shape index (κ2) is 9.46. The van der Waals surface area contributed by atoms with Gasteiger partial charge >= 0.3 is 10.1 Å². The Morgan fingerprint density at radius 1 is 1.03 bits per heavy atom. The van der Waals surface area contributed by atoms with Crippen LogP contribution in [0.3, 0.4) is 0 Å². The van der Waals surface area contributed by atoms with Crippen LogP contribution < -0.4 is 10.1 Å². The highest BCUT2D eigenvalue weighted by atomic mass is 32.2. The Hall–Kier alpha value is -4.19. The Kier molecular flexibility index (Phi) is 6.94. The summed E-state index contributed by atoms with van der Waals surface area (Å²) >= 11 is 0. The lowest BCUT2D eigenvalue weighted by atomic mass is 10.1. The summed E-state index contributed by atoms with van der Waals surface area (Å²) in [5, 5.41) is 31.8. The summed E-state index contributed by atoms with van der Waals surface area (Å²) in [5.41, 5.74) is -2.09. The van der Waals surface area contributed by atoms with Crippen molar-refractivity contribution >= 4 is 59.7 Å². The average Bonchev–Trinajstić information content (AvgIpc) is 2.76. The monoisotopic (exact) mass is 540 g/mol. The van der Waals surface area contributed by atoms with E-state index in [1.165, 1.54) is 25.1 Å². The standard InChI is InChI=1S/C19H16N4O11S2/c1-9(24)20-11-4-3-10-5-17(36(31,32)33)18(19(25)12(10)6-11)22-21-13-7-16(35(28,29)30)14(23(26)27)8-15(13)34-2/h3-8,25H,1-2H3,(H,20,24)(H,28,29,30)(H,31,32,33). The molecule has 190 valence electrons. The number of ether oxygens (including phenoxy) is 1. The fourth-order valence-electron chi connectivity index (χ4n) is 3.15. The fraction of sp³-hybridized carbons (Fsp3) is 0.105. The molecule has 0 bridgehead atoms. The number of nitro benzene ring substituents is 1. The highest BCUT2D eigenvalue weighted by Crippen LogP contribution is 2.43. The van der Waals surface area contributed by atoms with Crippen molar-refractivity contribution in [3.63, 3.8) is 0 Å². The van der Waals surface area contributed by atoms with Gasteiger partial charge in [0.15, 0.2) is 16.4 Å². The molecule has 0 saturated heterocycles. The van der Waals surface area contributed by atoms with E-state index in [0.717, 1.165) is 13.2 Å². The van der Waals surface area contributed by atoms with Crippen LogP contribution in [0.2, 0.25) is 0 Å². The normalized spacial score (nSPS) is 12.1. The van der Waals surface area contributed by atoms with Gasteiger partial charge in [-0.3, -0.25) is 24.0 Å². The highest BCUT2D eigenvalue weighted by Gasteiger charge is 2.28. The van der Waals surface area contributed by atoms with Crippen molar-refractivity contribution in [2.45, 2.75) is 16.7 Å². The zero-order chi connectivity index (χ0) is 27.0. The van der Waals surface area contributed by atoms with Gasteiger partial charge in [0.1, 0.15) is 16.3 Å². The van der Waals surface area contributed by atoms with Crippen molar-refractivity contribution in [2.24, 2.45) is 10.2 Å². The number of anilines is 1. The summed E-state index contributed by atoms with van der Waals surface area (Å²) in [7, 11) is -9.04. The molecule has 36 heavy (non-hydrogen) atoms. The number of rotatable bonds is 7. The van der Waals surface area contributed by atoms with Crippen molar-refractivity contribution < 1.29 is 45.5 Å². The van der Waals surface area contributed by atoms with Gasteiger partial charge in [-0.1, -0.05) is 6.07 Å². The van der Waals surface area contributed by atoms with Gasteiger partial charge in [-0.2, -0.15) is 16.8 Å². The molecule has 0 heterocycles. The van der Waals surface area contributed by atoms with Crippen LogP contribution in [0.4, 0.5) is 22.7 Å². The minimum Gasteiger partial charge on any atom is -0.505 e. The molecule has 17 heteroatoms. The Bertz CT molecular complexity index is 1670. The number of benzene rings is 3. The molecule has 1 amide bonds. The minimum atomic E-state index is -5.11. The average molecular weight is 540 g/mol. The topological polar surface area (TPSA) is 235 Å². The summed E-state index contributed by atoms with van der Waals surface area (Å²) < 4.78 is 71.2. The molecule has 3 aromatic rings. The van der Waals surface area contributed by atoms with Crippen molar-refractivity contribution in [3.8, 4) is 11.5 Å². The molecule has 0 aromatic heterocycles. The summed E-state index contributed by atoms with van der Waals surface area (Å²) in [6.45, 7) is 1.24. The Morgan fingerprint density at radius 2 is 1.67 bits per heavy atom. The maximum atomic E-state index is 12.0. The van der Waals surface area contributed by atoms with Gasteiger partial charge in [0.25, 0.3) is 15.8 Å². The first-order valence-electron chi connectivity index (χ1n) is 9.44. The maximum absolute atomic E-state index is 12.0. The molecular formula is C19H16N4O11S2. The van der Waals surface area contributed by atoms with Crippen molar-refractivity contribution in [1.29, 1.82) is 0 Å². The first kappa shape index (κ1) is 26.4. The number of phenolic OH excluding ortho intramolecular Hbond substituents is 1. The zero-order valence-corrected chi connectivity index (χ0v) is 19.9. The Balaban J connectivity index is 2.30. The summed E-state index contributed by atoms with van der Waals surface area (Å²) in [4.78, 5) is 19.4. The van der Waals surface area contributed by atoms with Crippen LogP contribution in [0, 0.1) is 10.1 Å². The van der Waals surface area contributed by atoms with Crippen LogP contribution in [-0.4, -0.2) is 49.0 Å². The molecule has 0 atom stereocenters. The molecule has 4 N–H and O–H groups in total. The lowest BCUT2D eigenvalue weighted by Gasteiger charge is -2.11. The zero-order valence-electron chi connectivity index (χ0n) is 18.2. The molecule has 0 aliphatic rings. The van der Waals surface area contributed by atoms with Crippen LogP contribution in [0.25, 0.3) is 10.8 Å². The van der Waals surface area contributed by atoms with E-state index in [2.05, 4.69) is 15.5 Å². The Morgan fingerprint density at radius 3 is 2.19 bits per heavy atom. The van der Waals surface area contributed by atoms with E-state index in [4.69, 9.17) is 4.74 Å². The molecular weight excluding hydrogens is 524 g/mol. The van der Waals surface area contributed by atoms with Crippen LogP contribution in [0.15, 0.2) is 56.4 Å². The first-order chi connectivity index (χ1) is 16.6. The largest absolute Gasteiger partial charge is 0.505 e. The third kappa shape index (κ3) is 5.38. The predicted octanol–water partition coefficient (Wildman–Crippen LogP) is 3.33. The third-order valence-electron chi connectivity index (χ3n) is 4.64. The maximum Gasteiger partial charge on any atom is 0.301 e. The van der Waals surface area contributed by atoms with E-state index in [1.807, 2.05) is 0 Å². The number of fused-ring (bicyclic) bond motifs is 1. The lowest BCUT2D eigenvalue weighted by molar-refractivity contribution is -0.387. The molecule has 0 saturated carbocycles. The number of hydrogen-bond acceptors (Lipinski definition) is 11. The lowest BCUT2D eigenvalue weighted by Crippen LogP contribution is -2.05. The number of nitro groups is 1. The smallest absolute Gasteiger partial charge is 0.301 e. The number of nitrogens with one attached hydrogen (secondary N) is 1. The fourth-order valence-corrected chi connectivity index (χ4v) is 4.46. The quantitative estimate of drug-likeness (QED) is 0.147. The van der Waals surface area contributed by atoms with E-state index in [9.17, 15) is 46.0 Å². The SMILES string of the molecule is COc1cc([N+](=O)[O-])c(S(=O)(=O)O)cc1N=Nc1c(S(=O)(=O)O)cc2ccc(NC(C)=O)cc2c1O. The van der Waals surface area contributed by atoms with E-state index in [1.54, 1.807) is 0 Å². The first-order valence-corrected chi connectivity index (χ1v) is 12.3. The van der Waals surface area contributed by atoms with Crippen LogP contribution in [0.1, 0.15) is 6.92 Å². The molecule has 0 spiro atoms. The number of hydrogen-bond donors (Lipinski definition) is 4. The molecule has 0 unspecified atom stereocenters. The van der Waals surface area contributed by atoms with E-state index in [-0.39, 0.29) is 22.2 Å². The second-order valence-corrected chi connectivity index (χ2v) is 9.87. The van der Waals surface area contributed by atoms with Gasteiger partial charge < -0.3 is 15.2 Å². The molecule has 15 nitrogen and oxygen atoms in total. The number of methoxy groups -OCH3 is 1. The van der Waals surface area contributed by atoms with E-state index in [0.29, 0.717) is 12.1 Å². The number of carbonyl (C=O) groups is 1. The van der Waals surface area contributed by atoms with Gasteiger partial charge in [0, 0.05) is 18.0 Å². The number of nitrogens with zero attached hydrogens (tertiary/aromatic N) is 3. The highest BCUT2D eigenvalue weighted by molar-refractivity contribution is 7.86. The van der Waals surface area contributed by atoms with Crippen LogP contribution >= 0.6 is 0 Å². The van der Waals surface area contributed by atoms with E-state index >= 15 is 0 Å². The summed E-state index contributed by atoms with van der Waals surface area (Å²) in [6, 6.07) is 6.22. The molecule has 0 aliphatic heterocycles. The summed E-state index contributed by atoms with van der Waals surface area (Å²) in [5.74, 6) is -1.60. The van der Waals surface area contributed by atoms with E-state index < -0.39 is 63.7 Å². The molecule has 0 aliphatic carbocycles. The van der Waals surface area contributed by atoms with Gasteiger partial charge in [0.05, 0.1) is 18.1 Å². The molecule has 0 fully saturated rings. The molecule has 3 aromatic carbocycles. The third-order valence-corrected chi connectivity index (χ3v) is 6.39. The predicted molar refractivity (Wildman–Crippen MR) is 123 cm³/mol. The van der Waals surface area contributed by atoms with Crippen molar-refractivity contribution in [3.05, 3.63) is 46.5 Å². The van der Waals surface area contributed by atoms with Gasteiger partial charge in [-0.25, -0.2) is 0 Å². The van der Waals surface area contributed by atoms with Gasteiger partial charge in [-0.05, 0) is 29.7 Å². The van der Waals surface area contributed by atoms with Crippen molar-refractivity contribution in [1.82, 2.24) is 0 Å². The number of carbonyl (C=O) groups excluding carboxylic acids is 1. The molecule has 0 radical (unpaired) electrons. The molecule has 3 rings (SSSR count). The van der Waals surface area contributed by atoms with Crippen LogP contribution in [0.5, 0.6) is 11.5 Å². The Labute approximate surface area is 202 Å². The summed E-state index contributed by atoms with van der Waals surface area (Å²) in [6.07, 6.45) is 0. The van der Waals surface area contributed by atoms with Crippen molar-refractivity contribution in [2.75, 3.05) is 12.4 Å². The number of azo groups is 1. The number of amides is 1. The minimum absolute atomic E-state index is 0.00288.